The van der Waals surface area contributed by atoms with Crippen molar-refractivity contribution in [1.82, 2.24) is 4.90 Å². The van der Waals surface area contributed by atoms with Gasteiger partial charge in [-0.1, -0.05) is 13.8 Å². The predicted octanol–water partition coefficient (Wildman–Crippen LogP) is 2.43. The van der Waals surface area contributed by atoms with Crippen LogP contribution in [0.1, 0.15) is 52.4 Å². The number of nitrogens with zero attached hydrogens (tertiary/aromatic N) is 1. The summed E-state index contributed by atoms with van der Waals surface area (Å²) in [6, 6.07) is 0.427. The molecule has 0 saturated heterocycles. The Hall–Kier alpha value is -0.570. The van der Waals surface area contributed by atoms with Crippen molar-refractivity contribution in [3.05, 3.63) is 0 Å². The summed E-state index contributed by atoms with van der Waals surface area (Å²) in [5.41, 5.74) is 0. The number of aliphatic hydroxyl groups excluding tert-OH is 1. The van der Waals surface area contributed by atoms with Gasteiger partial charge in [-0.2, -0.15) is 0 Å². The molecule has 3 heteroatoms. The Kier molecular flexibility index (Phi) is 5.96. The quantitative estimate of drug-likeness (QED) is 0.803. The third-order valence-corrected chi connectivity index (χ3v) is 3.88. The molecular weight excluding hydrogens is 214 g/mol. The van der Waals surface area contributed by atoms with Crippen LogP contribution in [0.3, 0.4) is 0 Å². The molecule has 0 aromatic heterocycles. The molecule has 1 aliphatic carbocycles. The Morgan fingerprint density at radius 2 is 1.88 bits per heavy atom. The minimum absolute atomic E-state index is 0.283. The normalized spacial score (nSPS) is 25.0. The molecule has 1 rings (SSSR count). The van der Waals surface area contributed by atoms with E-state index < -0.39 is 0 Å². The van der Waals surface area contributed by atoms with Crippen LogP contribution in [0.15, 0.2) is 0 Å². The largest absolute Gasteiger partial charge is 0.396 e. The average molecular weight is 241 g/mol. The fraction of sp³-hybridized carbons (Fsp3) is 0.929. The van der Waals surface area contributed by atoms with E-state index in [-0.39, 0.29) is 5.91 Å². The van der Waals surface area contributed by atoms with Crippen molar-refractivity contribution in [3.63, 3.8) is 0 Å². The van der Waals surface area contributed by atoms with E-state index in [0.717, 1.165) is 32.1 Å². The summed E-state index contributed by atoms with van der Waals surface area (Å²) < 4.78 is 0. The molecule has 0 bridgehead atoms. The van der Waals surface area contributed by atoms with E-state index in [2.05, 4.69) is 13.8 Å². The molecule has 0 radical (unpaired) electrons. The summed E-state index contributed by atoms with van der Waals surface area (Å²) in [6.45, 7) is 4.48. The van der Waals surface area contributed by atoms with E-state index >= 15 is 0 Å². The fourth-order valence-electron chi connectivity index (χ4n) is 2.70. The summed E-state index contributed by atoms with van der Waals surface area (Å²) in [7, 11) is 1.95. The molecule has 0 aromatic rings. The van der Waals surface area contributed by atoms with Crippen molar-refractivity contribution >= 4 is 5.91 Å². The SMILES string of the molecule is CC(C)CC(=O)N(C)C1CCC(CCO)CC1. The zero-order valence-electron chi connectivity index (χ0n) is 11.5. The Bertz CT molecular complexity index is 232. The van der Waals surface area contributed by atoms with Crippen molar-refractivity contribution < 1.29 is 9.90 Å². The van der Waals surface area contributed by atoms with E-state index in [4.69, 9.17) is 5.11 Å². The first kappa shape index (κ1) is 14.5. The van der Waals surface area contributed by atoms with Gasteiger partial charge < -0.3 is 10.0 Å². The number of hydrogen-bond donors (Lipinski definition) is 1. The summed E-state index contributed by atoms with van der Waals surface area (Å²) in [5, 5.41) is 8.92. The van der Waals surface area contributed by atoms with Gasteiger partial charge in [0, 0.05) is 26.1 Å². The van der Waals surface area contributed by atoms with Gasteiger partial charge >= 0.3 is 0 Å². The highest BCUT2D eigenvalue weighted by atomic mass is 16.3. The third kappa shape index (κ3) is 4.66. The molecule has 100 valence electrons. The molecular formula is C14H27NO2. The summed E-state index contributed by atoms with van der Waals surface area (Å²) in [6.07, 6.45) is 6.11. The van der Waals surface area contributed by atoms with Crippen LogP contribution in [0, 0.1) is 11.8 Å². The van der Waals surface area contributed by atoms with Crippen LogP contribution in [0.5, 0.6) is 0 Å². The van der Waals surface area contributed by atoms with Gasteiger partial charge in [0.25, 0.3) is 0 Å². The summed E-state index contributed by atoms with van der Waals surface area (Å²) in [4.78, 5) is 13.9. The van der Waals surface area contributed by atoms with Gasteiger partial charge in [0.05, 0.1) is 0 Å². The van der Waals surface area contributed by atoms with Gasteiger partial charge in [-0.3, -0.25) is 4.79 Å². The average Bonchev–Trinajstić information content (AvgIpc) is 2.28. The molecule has 0 spiro atoms. The standard InChI is InChI=1S/C14H27NO2/c1-11(2)10-14(17)15(3)13-6-4-12(5-7-13)8-9-16/h11-13,16H,4-10H2,1-3H3. The summed E-state index contributed by atoms with van der Waals surface area (Å²) in [5.74, 6) is 1.39. The second-order valence-corrected chi connectivity index (χ2v) is 5.79. The molecule has 3 nitrogen and oxygen atoms in total. The van der Waals surface area contributed by atoms with Crippen molar-refractivity contribution in [2.75, 3.05) is 13.7 Å². The molecule has 17 heavy (non-hydrogen) atoms. The number of aliphatic hydroxyl groups is 1. The number of amides is 1. The molecule has 1 N–H and O–H groups in total. The van der Waals surface area contributed by atoms with Crippen molar-refractivity contribution in [3.8, 4) is 0 Å². The number of hydrogen-bond acceptors (Lipinski definition) is 2. The fourth-order valence-corrected chi connectivity index (χ4v) is 2.70. The monoisotopic (exact) mass is 241 g/mol. The Morgan fingerprint density at radius 3 is 2.35 bits per heavy atom. The zero-order valence-corrected chi connectivity index (χ0v) is 11.5. The lowest BCUT2D eigenvalue weighted by atomic mass is 9.83. The second-order valence-electron chi connectivity index (χ2n) is 5.79. The Morgan fingerprint density at radius 1 is 1.29 bits per heavy atom. The van der Waals surface area contributed by atoms with E-state index in [1.54, 1.807) is 0 Å². The van der Waals surface area contributed by atoms with Crippen LogP contribution in [-0.2, 0) is 4.79 Å². The lowest BCUT2D eigenvalue weighted by molar-refractivity contribution is -0.133. The molecule has 1 aliphatic rings. The van der Waals surface area contributed by atoms with E-state index in [9.17, 15) is 4.79 Å². The molecule has 0 unspecified atom stereocenters. The van der Waals surface area contributed by atoms with Crippen molar-refractivity contribution in [2.45, 2.75) is 58.4 Å². The Labute approximate surface area is 105 Å². The smallest absolute Gasteiger partial charge is 0.222 e. The van der Waals surface area contributed by atoms with Gasteiger partial charge in [-0.05, 0) is 43.9 Å². The van der Waals surface area contributed by atoms with E-state index in [1.807, 2.05) is 11.9 Å². The molecule has 0 aromatic carbocycles. The van der Waals surface area contributed by atoms with Crippen LogP contribution >= 0.6 is 0 Å². The highest BCUT2D eigenvalue weighted by Gasteiger charge is 2.26. The minimum Gasteiger partial charge on any atom is -0.396 e. The number of rotatable bonds is 5. The van der Waals surface area contributed by atoms with Crippen LogP contribution in [-0.4, -0.2) is 35.6 Å². The number of carbonyl (C=O) groups is 1. The van der Waals surface area contributed by atoms with E-state index in [1.165, 1.54) is 0 Å². The van der Waals surface area contributed by atoms with Gasteiger partial charge in [0.1, 0.15) is 0 Å². The molecule has 0 heterocycles. The molecule has 0 aliphatic heterocycles. The predicted molar refractivity (Wildman–Crippen MR) is 69.7 cm³/mol. The highest BCUT2D eigenvalue weighted by Crippen LogP contribution is 2.29. The van der Waals surface area contributed by atoms with Crippen molar-refractivity contribution in [2.24, 2.45) is 11.8 Å². The van der Waals surface area contributed by atoms with Gasteiger partial charge in [0.15, 0.2) is 0 Å². The maximum Gasteiger partial charge on any atom is 0.222 e. The highest BCUT2D eigenvalue weighted by molar-refractivity contribution is 5.76. The van der Waals surface area contributed by atoms with Crippen molar-refractivity contribution in [1.29, 1.82) is 0 Å². The van der Waals surface area contributed by atoms with Crippen LogP contribution < -0.4 is 0 Å². The first-order chi connectivity index (χ1) is 8.04. The molecule has 1 saturated carbocycles. The van der Waals surface area contributed by atoms with Gasteiger partial charge in [-0.25, -0.2) is 0 Å². The number of carbonyl (C=O) groups excluding carboxylic acids is 1. The lowest BCUT2D eigenvalue weighted by Crippen LogP contribution is -2.40. The lowest BCUT2D eigenvalue weighted by Gasteiger charge is -2.35. The van der Waals surface area contributed by atoms with Gasteiger partial charge in [0.2, 0.25) is 5.91 Å². The van der Waals surface area contributed by atoms with E-state index in [0.29, 0.717) is 30.9 Å². The third-order valence-electron chi connectivity index (χ3n) is 3.88. The molecule has 1 amide bonds. The first-order valence-electron chi connectivity index (χ1n) is 6.91. The topological polar surface area (TPSA) is 40.5 Å². The maximum atomic E-state index is 11.9. The minimum atomic E-state index is 0.283. The molecule has 0 atom stereocenters. The van der Waals surface area contributed by atoms with Crippen LogP contribution in [0.4, 0.5) is 0 Å². The van der Waals surface area contributed by atoms with Gasteiger partial charge in [-0.15, -0.1) is 0 Å². The zero-order chi connectivity index (χ0) is 12.8. The Balaban J connectivity index is 2.35. The molecule has 1 fully saturated rings. The van der Waals surface area contributed by atoms with Crippen LogP contribution in [0.2, 0.25) is 0 Å². The first-order valence-corrected chi connectivity index (χ1v) is 6.91. The second kappa shape index (κ2) is 7.00. The maximum absolute atomic E-state index is 11.9. The summed E-state index contributed by atoms with van der Waals surface area (Å²) >= 11 is 0. The van der Waals surface area contributed by atoms with Crippen LogP contribution in [0.25, 0.3) is 0 Å².